The molecule has 1 aromatic carbocycles. The number of halogens is 2. The molecule has 0 bridgehead atoms. The Morgan fingerprint density at radius 2 is 2.00 bits per heavy atom. The molecule has 0 heterocycles. The standard InChI is InChI=1S/C7H6ClF.C2H7N/c8-5-6-2-1-3-7(9)4-6;1-3-2/h1-4H,5H2;3H,1-2H3. The van der Waals surface area contributed by atoms with Crippen molar-refractivity contribution in [1.82, 2.24) is 5.32 Å². The fourth-order valence-electron chi connectivity index (χ4n) is 0.620. The van der Waals surface area contributed by atoms with Gasteiger partial charge in [-0.2, -0.15) is 0 Å². The molecule has 1 N–H and O–H groups in total. The summed E-state index contributed by atoms with van der Waals surface area (Å²) in [6, 6.07) is 6.26. The molecule has 1 rings (SSSR count). The van der Waals surface area contributed by atoms with E-state index in [0.29, 0.717) is 5.88 Å². The maximum atomic E-state index is 12.3. The summed E-state index contributed by atoms with van der Waals surface area (Å²) in [4.78, 5) is 0. The van der Waals surface area contributed by atoms with Crippen LogP contribution in [0.25, 0.3) is 0 Å². The van der Waals surface area contributed by atoms with Crippen LogP contribution in [-0.4, -0.2) is 14.1 Å². The van der Waals surface area contributed by atoms with Gasteiger partial charge in [0.2, 0.25) is 0 Å². The highest BCUT2D eigenvalue weighted by molar-refractivity contribution is 6.17. The molecule has 1 aromatic rings. The van der Waals surface area contributed by atoms with Crippen LogP contribution in [0.1, 0.15) is 5.56 Å². The van der Waals surface area contributed by atoms with Crippen LogP contribution >= 0.6 is 11.6 Å². The molecule has 0 radical (unpaired) electrons. The molecule has 0 atom stereocenters. The zero-order valence-corrected chi connectivity index (χ0v) is 8.03. The number of nitrogens with one attached hydrogen (secondary N) is 1. The highest BCUT2D eigenvalue weighted by Crippen LogP contribution is 2.05. The predicted molar refractivity (Wildman–Crippen MR) is 50.9 cm³/mol. The van der Waals surface area contributed by atoms with Gasteiger partial charge < -0.3 is 5.32 Å². The van der Waals surface area contributed by atoms with Crippen molar-refractivity contribution in [3.05, 3.63) is 35.6 Å². The van der Waals surface area contributed by atoms with Gasteiger partial charge in [0.15, 0.2) is 0 Å². The van der Waals surface area contributed by atoms with Crippen molar-refractivity contribution in [3.63, 3.8) is 0 Å². The summed E-state index contributed by atoms with van der Waals surface area (Å²) in [5.74, 6) is 0.144. The van der Waals surface area contributed by atoms with Crippen LogP contribution in [0.3, 0.4) is 0 Å². The summed E-state index contributed by atoms with van der Waals surface area (Å²) in [7, 11) is 3.75. The molecule has 12 heavy (non-hydrogen) atoms. The molecule has 3 heteroatoms. The molecule has 0 aromatic heterocycles. The largest absolute Gasteiger partial charge is 0.323 e. The Labute approximate surface area is 77.6 Å². The Morgan fingerprint density at radius 3 is 2.33 bits per heavy atom. The van der Waals surface area contributed by atoms with E-state index in [4.69, 9.17) is 11.6 Å². The summed E-state index contributed by atoms with van der Waals surface area (Å²) >= 11 is 5.43. The number of hydrogen-bond acceptors (Lipinski definition) is 1. The van der Waals surface area contributed by atoms with E-state index in [9.17, 15) is 4.39 Å². The maximum absolute atomic E-state index is 12.3. The molecule has 0 fully saturated rings. The molecule has 1 nitrogen and oxygen atoms in total. The van der Waals surface area contributed by atoms with Gasteiger partial charge in [0.1, 0.15) is 5.82 Å². The fraction of sp³-hybridized carbons (Fsp3) is 0.333. The third-order valence-corrected chi connectivity index (χ3v) is 1.35. The van der Waals surface area contributed by atoms with Crippen LogP contribution in [-0.2, 0) is 5.88 Å². The predicted octanol–water partition coefficient (Wildman–Crippen LogP) is 2.40. The molecular weight excluding hydrogens is 177 g/mol. The lowest BCUT2D eigenvalue weighted by molar-refractivity contribution is 0.626. The monoisotopic (exact) mass is 189 g/mol. The van der Waals surface area contributed by atoms with E-state index in [1.54, 1.807) is 12.1 Å². The van der Waals surface area contributed by atoms with E-state index >= 15 is 0 Å². The lowest BCUT2D eigenvalue weighted by Crippen LogP contribution is -1.89. The van der Waals surface area contributed by atoms with Gasteiger partial charge in [-0.1, -0.05) is 12.1 Å². The van der Waals surface area contributed by atoms with Crippen molar-refractivity contribution in [2.24, 2.45) is 0 Å². The fourth-order valence-corrected chi connectivity index (χ4v) is 0.786. The molecule has 0 aliphatic rings. The molecule has 0 unspecified atom stereocenters. The first-order chi connectivity index (χ1) is 5.74. The zero-order chi connectivity index (χ0) is 9.40. The van der Waals surface area contributed by atoms with Gasteiger partial charge in [0.05, 0.1) is 0 Å². The molecule has 0 aliphatic heterocycles. The van der Waals surface area contributed by atoms with Crippen LogP contribution in [0.4, 0.5) is 4.39 Å². The van der Waals surface area contributed by atoms with Gasteiger partial charge in [-0.05, 0) is 31.8 Å². The quantitative estimate of drug-likeness (QED) is 0.669. The van der Waals surface area contributed by atoms with Gasteiger partial charge >= 0.3 is 0 Å². The van der Waals surface area contributed by atoms with Crippen molar-refractivity contribution in [2.75, 3.05) is 14.1 Å². The third-order valence-electron chi connectivity index (χ3n) is 1.04. The Morgan fingerprint density at radius 1 is 1.42 bits per heavy atom. The Balaban J connectivity index is 0.000000354. The Hall–Kier alpha value is -0.600. The van der Waals surface area contributed by atoms with Crippen LogP contribution in [0.5, 0.6) is 0 Å². The second-order valence-electron chi connectivity index (χ2n) is 2.26. The normalized spacial score (nSPS) is 8.67. The van der Waals surface area contributed by atoms with Gasteiger partial charge in [0.25, 0.3) is 0 Å². The SMILES string of the molecule is CNC.Fc1cccc(CCl)c1. The van der Waals surface area contributed by atoms with Crippen LogP contribution in [0, 0.1) is 5.82 Å². The van der Waals surface area contributed by atoms with Crippen molar-refractivity contribution in [1.29, 1.82) is 0 Å². The highest BCUT2D eigenvalue weighted by Gasteiger charge is 1.90. The number of hydrogen-bond donors (Lipinski definition) is 1. The maximum Gasteiger partial charge on any atom is 0.123 e. The summed E-state index contributed by atoms with van der Waals surface area (Å²) in [6.45, 7) is 0. The second-order valence-corrected chi connectivity index (χ2v) is 2.53. The molecule has 0 amide bonds. The summed E-state index contributed by atoms with van der Waals surface area (Å²) in [6.07, 6.45) is 0. The highest BCUT2D eigenvalue weighted by atomic mass is 35.5. The molecule has 0 saturated carbocycles. The Bertz CT molecular complexity index is 215. The van der Waals surface area contributed by atoms with Gasteiger partial charge in [-0.25, -0.2) is 4.39 Å². The van der Waals surface area contributed by atoms with E-state index in [1.165, 1.54) is 12.1 Å². The number of benzene rings is 1. The third kappa shape index (κ3) is 5.10. The first kappa shape index (κ1) is 11.4. The average molecular weight is 190 g/mol. The first-order valence-electron chi connectivity index (χ1n) is 3.63. The van der Waals surface area contributed by atoms with Crippen molar-refractivity contribution in [3.8, 4) is 0 Å². The zero-order valence-electron chi connectivity index (χ0n) is 7.27. The average Bonchev–Trinajstić information content (AvgIpc) is 2.06. The summed E-state index contributed by atoms with van der Waals surface area (Å²) in [5.41, 5.74) is 0.816. The van der Waals surface area contributed by atoms with Crippen LogP contribution in [0.15, 0.2) is 24.3 Å². The topological polar surface area (TPSA) is 12.0 Å². The number of rotatable bonds is 1. The van der Waals surface area contributed by atoms with E-state index < -0.39 is 0 Å². The van der Waals surface area contributed by atoms with Gasteiger partial charge in [-0.15, -0.1) is 11.6 Å². The van der Waals surface area contributed by atoms with E-state index in [1.807, 2.05) is 14.1 Å². The minimum absolute atomic E-state index is 0.229. The molecular formula is C9H13ClFN. The van der Waals surface area contributed by atoms with E-state index in [0.717, 1.165) is 5.56 Å². The Kier molecular flexibility index (Phi) is 6.72. The van der Waals surface area contributed by atoms with Crippen molar-refractivity contribution in [2.45, 2.75) is 5.88 Å². The lowest BCUT2D eigenvalue weighted by atomic mass is 10.2. The smallest absolute Gasteiger partial charge is 0.123 e. The van der Waals surface area contributed by atoms with E-state index in [-0.39, 0.29) is 5.82 Å². The minimum atomic E-state index is -0.229. The van der Waals surface area contributed by atoms with Crippen molar-refractivity contribution < 1.29 is 4.39 Å². The molecule has 0 spiro atoms. The minimum Gasteiger partial charge on any atom is -0.323 e. The summed E-state index contributed by atoms with van der Waals surface area (Å²) < 4.78 is 12.3. The van der Waals surface area contributed by atoms with Crippen molar-refractivity contribution >= 4 is 11.6 Å². The van der Waals surface area contributed by atoms with Crippen LogP contribution < -0.4 is 5.32 Å². The summed E-state index contributed by atoms with van der Waals surface area (Å²) in [5, 5.41) is 2.75. The molecule has 0 saturated heterocycles. The van der Waals surface area contributed by atoms with E-state index in [2.05, 4.69) is 5.32 Å². The second kappa shape index (κ2) is 7.07. The molecule has 68 valence electrons. The van der Waals surface area contributed by atoms with Gasteiger partial charge in [-0.3, -0.25) is 0 Å². The molecule has 0 aliphatic carbocycles. The van der Waals surface area contributed by atoms with Gasteiger partial charge in [0, 0.05) is 5.88 Å². The first-order valence-corrected chi connectivity index (χ1v) is 4.17. The lowest BCUT2D eigenvalue weighted by Gasteiger charge is -1.91. The number of alkyl halides is 1. The van der Waals surface area contributed by atoms with Crippen LogP contribution in [0.2, 0.25) is 0 Å².